The van der Waals surface area contributed by atoms with Crippen LogP contribution in [0.25, 0.3) is 0 Å². The Labute approximate surface area is 165 Å². The predicted octanol–water partition coefficient (Wildman–Crippen LogP) is 3.94. The molecule has 0 aromatic heterocycles. The van der Waals surface area contributed by atoms with E-state index in [0.29, 0.717) is 18.7 Å². The van der Waals surface area contributed by atoms with Crippen molar-refractivity contribution < 1.29 is 9.90 Å². The van der Waals surface area contributed by atoms with Crippen LogP contribution in [0.2, 0.25) is 0 Å². The molecule has 1 heterocycles. The smallest absolute Gasteiger partial charge is 0.257 e. The van der Waals surface area contributed by atoms with Gasteiger partial charge >= 0.3 is 0 Å². The van der Waals surface area contributed by atoms with Gasteiger partial charge in [0.15, 0.2) is 0 Å². The number of para-hydroxylation sites is 1. The number of hydrogen-bond donors (Lipinski definition) is 1. The Hall–Kier alpha value is -3.11. The van der Waals surface area contributed by atoms with Crippen LogP contribution >= 0.6 is 0 Å². The molecule has 0 aliphatic carbocycles. The molecule has 0 unspecified atom stereocenters. The van der Waals surface area contributed by atoms with Gasteiger partial charge in [-0.15, -0.1) is 0 Å². The summed E-state index contributed by atoms with van der Waals surface area (Å²) in [6.45, 7) is 2.86. The Kier molecular flexibility index (Phi) is 5.40. The van der Waals surface area contributed by atoms with Crippen LogP contribution in [-0.4, -0.2) is 47.0 Å². The summed E-state index contributed by atoms with van der Waals surface area (Å²) in [5, 5.41) is 9.99. The molecular formula is C24H24N2O2. The van der Waals surface area contributed by atoms with E-state index in [-0.39, 0.29) is 17.7 Å². The molecule has 1 saturated heterocycles. The zero-order valence-electron chi connectivity index (χ0n) is 15.7. The van der Waals surface area contributed by atoms with Crippen molar-refractivity contribution in [3.63, 3.8) is 0 Å². The lowest BCUT2D eigenvalue weighted by atomic mass is 9.96. The van der Waals surface area contributed by atoms with Crippen molar-refractivity contribution in [1.82, 2.24) is 9.80 Å². The number of piperazine rings is 1. The van der Waals surface area contributed by atoms with Gasteiger partial charge in [0.05, 0.1) is 11.6 Å². The summed E-state index contributed by atoms with van der Waals surface area (Å²) in [4.78, 5) is 17.0. The molecule has 142 valence electrons. The molecule has 28 heavy (non-hydrogen) atoms. The fraction of sp³-hybridized carbons (Fsp3) is 0.208. The highest BCUT2D eigenvalue weighted by molar-refractivity contribution is 5.96. The first-order valence-corrected chi connectivity index (χ1v) is 9.65. The lowest BCUT2D eigenvalue weighted by molar-refractivity contribution is 0.0594. The fourth-order valence-electron chi connectivity index (χ4n) is 3.89. The Morgan fingerprint density at radius 2 is 1.21 bits per heavy atom. The number of aromatic hydroxyl groups is 1. The second-order valence-electron chi connectivity index (χ2n) is 7.07. The lowest BCUT2D eigenvalue weighted by Gasteiger charge is -2.39. The van der Waals surface area contributed by atoms with E-state index in [4.69, 9.17) is 0 Å². The summed E-state index contributed by atoms with van der Waals surface area (Å²) in [6, 6.07) is 27.9. The standard InChI is InChI=1S/C24H24N2O2/c27-22-14-8-7-13-21(22)24(28)26-17-15-25(16-18-26)23(19-9-3-1-4-10-19)20-11-5-2-6-12-20/h1-14,23,27H,15-18H2. The topological polar surface area (TPSA) is 43.8 Å². The van der Waals surface area contributed by atoms with Crippen LogP contribution in [0, 0.1) is 0 Å². The summed E-state index contributed by atoms with van der Waals surface area (Å²) >= 11 is 0. The third-order valence-corrected chi connectivity index (χ3v) is 5.33. The molecule has 1 amide bonds. The summed E-state index contributed by atoms with van der Waals surface area (Å²) < 4.78 is 0. The third kappa shape index (κ3) is 3.78. The minimum absolute atomic E-state index is 0.0429. The maximum atomic E-state index is 12.8. The number of benzene rings is 3. The molecule has 1 N–H and O–H groups in total. The first kappa shape index (κ1) is 18.3. The van der Waals surface area contributed by atoms with E-state index in [2.05, 4.69) is 53.4 Å². The second-order valence-corrected chi connectivity index (χ2v) is 7.07. The number of carbonyl (C=O) groups is 1. The number of hydrogen-bond acceptors (Lipinski definition) is 3. The van der Waals surface area contributed by atoms with Crippen molar-refractivity contribution in [3.05, 3.63) is 102 Å². The minimum Gasteiger partial charge on any atom is -0.507 e. The number of nitrogens with zero attached hydrogens (tertiary/aromatic N) is 2. The zero-order chi connectivity index (χ0) is 19.3. The Morgan fingerprint density at radius 3 is 1.75 bits per heavy atom. The quantitative estimate of drug-likeness (QED) is 0.754. The largest absolute Gasteiger partial charge is 0.507 e. The monoisotopic (exact) mass is 372 g/mol. The predicted molar refractivity (Wildman–Crippen MR) is 110 cm³/mol. The number of amides is 1. The lowest BCUT2D eigenvalue weighted by Crippen LogP contribution is -2.49. The Balaban J connectivity index is 1.52. The van der Waals surface area contributed by atoms with Gasteiger partial charge in [0, 0.05) is 26.2 Å². The molecule has 0 bridgehead atoms. The van der Waals surface area contributed by atoms with Crippen molar-refractivity contribution in [1.29, 1.82) is 0 Å². The molecule has 3 aromatic carbocycles. The van der Waals surface area contributed by atoms with Crippen LogP contribution < -0.4 is 0 Å². The zero-order valence-corrected chi connectivity index (χ0v) is 15.7. The first-order chi connectivity index (χ1) is 13.7. The highest BCUT2D eigenvalue weighted by Crippen LogP contribution is 2.30. The van der Waals surface area contributed by atoms with E-state index in [1.807, 2.05) is 17.0 Å². The van der Waals surface area contributed by atoms with Crippen LogP contribution in [-0.2, 0) is 0 Å². The van der Waals surface area contributed by atoms with Crippen LogP contribution in [0.4, 0.5) is 0 Å². The average molecular weight is 372 g/mol. The van der Waals surface area contributed by atoms with E-state index < -0.39 is 0 Å². The molecule has 1 aliphatic rings. The minimum atomic E-state index is -0.103. The van der Waals surface area contributed by atoms with Gasteiger partial charge < -0.3 is 10.0 Å². The second kappa shape index (κ2) is 8.28. The van der Waals surface area contributed by atoms with Gasteiger partial charge in [0.2, 0.25) is 0 Å². The summed E-state index contributed by atoms with van der Waals surface area (Å²) in [5.41, 5.74) is 2.89. The van der Waals surface area contributed by atoms with Gasteiger partial charge in [-0.3, -0.25) is 9.69 Å². The summed E-state index contributed by atoms with van der Waals surface area (Å²) in [5.74, 6) is -0.0601. The molecule has 0 saturated carbocycles. The molecule has 1 fully saturated rings. The van der Waals surface area contributed by atoms with Crippen molar-refractivity contribution in [2.75, 3.05) is 26.2 Å². The molecule has 0 atom stereocenters. The van der Waals surface area contributed by atoms with E-state index in [9.17, 15) is 9.90 Å². The number of phenolic OH excluding ortho intramolecular Hbond substituents is 1. The molecule has 4 nitrogen and oxygen atoms in total. The fourth-order valence-corrected chi connectivity index (χ4v) is 3.89. The number of phenols is 1. The summed E-state index contributed by atoms with van der Waals surface area (Å²) in [6.07, 6.45) is 0. The Bertz CT molecular complexity index is 880. The molecule has 1 aliphatic heterocycles. The maximum Gasteiger partial charge on any atom is 0.257 e. The molecule has 0 radical (unpaired) electrons. The highest BCUT2D eigenvalue weighted by Gasteiger charge is 2.29. The van der Waals surface area contributed by atoms with Gasteiger partial charge in [-0.2, -0.15) is 0 Å². The van der Waals surface area contributed by atoms with E-state index in [1.165, 1.54) is 11.1 Å². The molecule has 0 spiro atoms. The van der Waals surface area contributed by atoms with Gasteiger partial charge in [-0.1, -0.05) is 72.8 Å². The van der Waals surface area contributed by atoms with Gasteiger partial charge in [0.25, 0.3) is 5.91 Å². The average Bonchev–Trinajstić information content (AvgIpc) is 2.76. The van der Waals surface area contributed by atoms with Crippen molar-refractivity contribution >= 4 is 5.91 Å². The molecule has 4 heteroatoms. The number of carbonyl (C=O) groups excluding carboxylic acids is 1. The van der Waals surface area contributed by atoms with Crippen LogP contribution in [0.5, 0.6) is 5.75 Å². The van der Waals surface area contributed by atoms with Crippen molar-refractivity contribution in [2.45, 2.75) is 6.04 Å². The summed E-state index contributed by atoms with van der Waals surface area (Å²) in [7, 11) is 0. The van der Waals surface area contributed by atoms with E-state index in [0.717, 1.165) is 13.1 Å². The molecular weight excluding hydrogens is 348 g/mol. The van der Waals surface area contributed by atoms with Crippen molar-refractivity contribution in [3.8, 4) is 5.75 Å². The van der Waals surface area contributed by atoms with Gasteiger partial charge in [-0.05, 0) is 23.3 Å². The highest BCUT2D eigenvalue weighted by atomic mass is 16.3. The van der Waals surface area contributed by atoms with Crippen molar-refractivity contribution in [2.24, 2.45) is 0 Å². The van der Waals surface area contributed by atoms with E-state index in [1.54, 1.807) is 24.3 Å². The normalized spacial score (nSPS) is 15.0. The SMILES string of the molecule is O=C(c1ccccc1O)N1CCN(C(c2ccccc2)c2ccccc2)CC1. The molecule has 3 aromatic rings. The first-order valence-electron chi connectivity index (χ1n) is 9.65. The van der Waals surface area contributed by atoms with Crippen LogP contribution in [0.3, 0.4) is 0 Å². The van der Waals surface area contributed by atoms with E-state index >= 15 is 0 Å². The van der Waals surface area contributed by atoms with Gasteiger partial charge in [0.1, 0.15) is 5.75 Å². The number of rotatable bonds is 4. The third-order valence-electron chi connectivity index (χ3n) is 5.33. The maximum absolute atomic E-state index is 12.8. The van der Waals surface area contributed by atoms with Crippen LogP contribution in [0.15, 0.2) is 84.9 Å². The van der Waals surface area contributed by atoms with Crippen LogP contribution in [0.1, 0.15) is 27.5 Å². The Morgan fingerprint density at radius 1 is 0.714 bits per heavy atom. The van der Waals surface area contributed by atoms with Gasteiger partial charge in [-0.25, -0.2) is 0 Å². The molecule has 4 rings (SSSR count).